The van der Waals surface area contributed by atoms with Gasteiger partial charge in [-0.15, -0.1) is 12.4 Å². The van der Waals surface area contributed by atoms with Crippen molar-refractivity contribution in [3.63, 3.8) is 0 Å². The van der Waals surface area contributed by atoms with E-state index in [0.717, 1.165) is 31.5 Å². The van der Waals surface area contributed by atoms with Crippen LogP contribution < -0.4 is 5.32 Å². The van der Waals surface area contributed by atoms with Gasteiger partial charge in [-0.3, -0.25) is 0 Å². The van der Waals surface area contributed by atoms with Crippen molar-refractivity contribution in [2.45, 2.75) is 12.8 Å². The number of rotatable bonds is 2. The van der Waals surface area contributed by atoms with Crippen molar-refractivity contribution in [2.75, 3.05) is 13.1 Å². The van der Waals surface area contributed by atoms with Gasteiger partial charge in [0.1, 0.15) is 0 Å². The summed E-state index contributed by atoms with van der Waals surface area (Å²) in [6, 6.07) is 7.02. The molecule has 0 aromatic heterocycles. The monoisotopic (exact) mass is 253 g/mol. The van der Waals surface area contributed by atoms with Crippen molar-refractivity contribution in [1.29, 1.82) is 0 Å². The summed E-state index contributed by atoms with van der Waals surface area (Å²) in [5.41, 5.74) is 2.86. The van der Waals surface area contributed by atoms with Gasteiger partial charge in [0.15, 0.2) is 0 Å². The van der Waals surface area contributed by atoms with E-state index in [9.17, 15) is 4.79 Å². The molecular formula is C13H16ClNO2. The fraction of sp³-hybridized carbons (Fsp3) is 0.308. The Morgan fingerprint density at radius 1 is 1.18 bits per heavy atom. The fourth-order valence-electron chi connectivity index (χ4n) is 1.85. The molecule has 1 saturated heterocycles. The van der Waals surface area contributed by atoms with Crippen LogP contribution in [0.25, 0.3) is 6.08 Å². The van der Waals surface area contributed by atoms with Crippen molar-refractivity contribution in [3.8, 4) is 0 Å². The van der Waals surface area contributed by atoms with E-state index in [1.165, 1.54) is 5.57 Å². The van der Waals surface area contributed by atoms with E-state index in [-0.39, 0.29) is 12.4 Å². The van der Waals surface area contributed by atoms with E-state index in [2.05, 4.69) is 11.4 Å². The van der Waals surface area contributed by atoms with Gasteiger partial charge in [-0.1, -0.05) is 23.8 Å². The number of benzene rings is 1. The van der Waals surface area contributed by atoms with Crippen molar-refractivity contribution in [2.24, 2.45) is 0 Å². The van der Waals surface area contributed by atoms with Crippen molar-refractivity contribution >= 4 is 24.5 Å². The van der Waals surface area contributed by atoms with Crippen LogP contribution in [-0.2, 0) is 0 Å². The van der Waals surface area contributed by atoms with Gasteiger partial charge in [-0.25, -0.2) is 4.79 Å². The molecule has 0 radical (unpaired) electrons. The molecule has 1 aromatic carbocycles. The van der Waals surface area contributed by atoms with E-state index in [1.54, 1.807) is 12.1 Å². The molecular weight excluding hydrogens is 238 g/mol. The normalized spacial score (nSPS) is 14.9. The molecule has 17 heavy (non-hydrogen) atoms. The van der Waals surface area contributed by atoms with Gasteiger partial charge in [-0.05, 0) is 43.6 Å². The van der Waals surface area contributed by atoms with Crippen LogP contribution in [0.2, 0.25) is 0 Å². The second-order valence-electron chi connectivity index (χ2n) is 3.98. The smallest absolute Gasteiger partial charge is 0.335 e. The minimum atomic E-state index is -0.874. The summed E-state index contributed by atoms with van der Waals surface area (Å²) in [6.45, 7) is 2.08. The number of halogens is 1. The molecule has 0 atom stereocenters. The first-order valence-corrected chi connectivity index (χ1v) is 5.49. The molecule has 0 bridgehead atoms. The summed E-state index contributed by atoms with van der Waals surface area (Å²) in [7, 11) is 0. The van der Waals surface area contributed by atoms with Gasteiger partial charge in [0.2, 0.25) is 0 Å². The van der Waals surface area contributed by atoms with Crippen LogP contribution in [0.4, 0.5) is 0 Å². The largest absolute Gasteiger partial charge is 0.478 e. The lowest BCUT2D eigenvalue weighted by atomic mass is 10.0. The average molecular weight is 254 g/mol. The molecule has 0 spiro atoms. The zero-order chi connectivity index (χ0) is 11.4. The Morgan fingerprint density at radius 2 is 1.76 bits per heavy atom. The second-order valence-corrected chi connectivity index (χ2v) is 3.98. The van der Waals surface area contributed by atoms with Crippen LogP contribution in [0.1, 0.15) is 28.8 Å². The first-order valence-electron chi connectivity index (χ1n) is 5.49. The molecule has 3 nitrogen and oxygen atoms in total. The standard InChI is InChI=1S/C13H15NO2.ClH/c15-13(16)12-3-1-10(2-4-12)9-11-5-7-14-8-6-11;/h1-4,9,14H,5-8H2,(H,15,16);1H. The summed E-state index contributed by atoms with van der Waals surface area (Å²) in [6.07, 6.45) is 4.33. The van der Waals surface area contributed by atoms with Gasteiger partial charge < -0.3 is 10.4 Å². The number of carbonyl (C=O) groups is 1. The number of carboxylic acids is 1. The van der Waals surface area contributed by atoms with Gasteiger partial charge >= 0.3 is 5.97 Å². The van der Waals surface area contributed by atoms with Crippen LogP contribution in [0.5, 0.6) is 0 Å². The van der Waals surface area contributed by atoms with E-state index in [4.69, 9.17) is 5.11 Å². The summed E-state index contributed by atoms with van der Waals surface area (Å²) in [4.78, 5) is 10.7. The Bertz CT molecular complexity index is 404. The molecule has 1 heterocycles. The highest BCUT2D eigenvalue weighted by atomic mass is 35.5. The molecule has 92 valence electrons. The molecule has 0 aliphatic carbocycles. The lowest BCUT2D eigenvalue weighted by Crippen LogP contribution is -2.22. The minimum absolute atomic E-state index is 0. The van der Waals surface area contributed by atoms with E-state index in [0.29, 0.717) is 5.56 Å². The zero-order valence-electron chi connectivity index (χ0n) is 9.48. The quantitative estimate of drug-likeness (QED) is 0.852. The fourth-order valence-corrected chi connectivity index (χ4v) is 1.85. The third-order valence-corrected chi connectivity index (χ3v) is 2.77. The molecule has 0 unspecified atom stereocenters. The maximum Gasteiger partial charge on any atom is 0.335 e. The molecule has 1 fully saturated rings. The summed E-state index contributed by atoms with van der Waals surface area (Å²) >= 11 is 0. The Hall–Kier alpha value is -1.32. The van der Waals surface area contributed by atoms with Crippen LogP contribution in [0, 0.1) is 0 Å². The van der Waals surface area contributed by atoms with Gasteiger partial charge in [0.05, 0.1) is 5.56 Å². The Morgan fingerprint density at radius 3 is 2.29 bits per heavy atom. The molecule has 4 heteroatoms. The number of hydrogen-bond donors (Lipinski definition) is 2. The molecule has 0 amide bonds. The van der Waals surface area contributed by atoms with Crippen molar-refractivity contribution < 1.29 is 9.90 Å². The highest BCUT2D eigenvalue weighted by Gasteiger charge is 2.05. The third kappa shape index (κ3) is 3.88. The van der Waals surface area contributed by atoms with E-state index < -0.39 is 5.97 Å². The maximum atomic E-state index is 10.7. The Labute approximate surface area is 107 Å². The Balaban J connectivity index is 0.00000144. The SMILES string of the molecule is Cl.O=C(O)c1ccc(C=C2CCNCC2)cc1. The molecule has 0 saturated carbocycles. The van der Waals surface area contributed by atoms with Crippen LogP contribution in [-0.4, -0.2) is 24.2 Å². The number of aromatic carboxylic acids is 1. The summed E-state index contributed by atoms with van der Waals surface area (Å²) in [5.74, 6) is -0.874. The van der Waals surface area contributed by atoms with Crippen LogP contribution in [0.3, 0.4) is 0 Å². The number of hydrogen-bond acceptors (Lipinski definition) is 2. The van der Waals surface area contributed by atoms with Crippen LogP contribution in [0.15, 0.2) is 29.8 Å². The number of piperidine rings is 1. The number of carboxylic acid groups (broad SMARTS) is 1. The lowest BCUT2D eigenvalue weighted by Gasteiger charge is -2.15. The maximum absolute atomic E-state index is 10.7. The first kappa shape index (κ1) is 13.7. The van der Waals surface area contributed by atoms with Crippen molar-refractivity contribution in [1.82, 2.24) is 5.32 Å². The predicted molar refractivity (Wildman–Crippen MR) is 70.7 cm³/mol. The average Bonchev–Trinajstić information content (AvgIpc) is 2.31. The highest BCUT2D eigenvalue weighted by molar-refractivity contribution is 5.87. The van der Waals surface area contributed by atoms with Crippen LogP contribution >= 0.6 is 12.4 Å². The molecule has 1 aliphatic heterocycles. The number of nitrogens with one attached hydrogen (secondary N) is 1. The van der Waals surface area contributed by atoms with E-state index >= 15 is 0 Å². The third-order valence-electron chi connectivity index (χ3n) is 2.77. The van der Waals surface area contributed by atoms with Crippen molar-refractivity contribution in [3.05, 3.63) is 41.0 Å². The summed E-state index contributed by atoms with van der Waals surface area (Å²) < 4.78 is 0. The zero-order valence-corrected chi connectivity index (χ0v) is 10.3. The lowest BCUT2D eigenvalue weighted by molar-refractivity contribution is 0.0697. The predicted octanol–water partition coefficient (Wildman–Crippen LogP) is 2.57. The second kappa shape index (κ2) is 6.42. The highest BCUT2D eigenvalue weighted by Crippen LogP contribution is 2.15. The van der Waals surface area contributed by atoms with Gasteiger partial charge in [-0.2, -0.15) is 0 Å². The summed E-state index contributed by atoms with van der Waals surface area (Å²) in [5, 5.41) is 12.1. The molecule has 2 N–H and O–H groups in total. The molecule has 1 aromatic rings. The first-order chi connectivity index (χ1) is 7.75. The Kier molecular flexibility index (Phi) is 5.19. The molecule has 1 aliphatic rings. The van der Waals surface area contributed by atoms with Gasteiger partial charge in [0, 0.05) is 0 Å². The van der Waals surface area contributed by atoms with E-state index in [1.807, 2.05) is 12.1 Å². The topological polar surface area (TPSA) is 49.3 Å². The van der Waals surface area contributed by atoms with Gasteiger partial charge in [0.25, 0.3) is 0 Å². The minimum Gasteiger partial charge on any atom is -0.478 e. The molecule has 2 rings (SSSR count).